The molecular weight excluding hydrogens is 376 g/mol. The van der Waals surface area contributed by atoms with Gasteiger partial charge in [0, 0.05) is 37.8 Å². The highest BCUT2D eigenvalue weighted by Gasteiger charge is 2.22. The molecule has 0 bridgehead atoms. The molecule has 8 heteroatoms. The molecule has 7 nitrogen and oxygen atoms in total. The number of sulfonamides is 1. The third-order valence-corrected chi connectivity index (χ3v) is 6.39. The van der Waals surface area contributed by atoms with Crippen LogP contribution in [-0.4, -0.2) is 36.8 Å². The molecule has 1 amide bonds. The van der Waals surface area contributed by atoms with Crippen LogP contribution < -0.4 is 9.62 Å². The molecule has 1 N–H and O–H groups in total. The fourth-order valence-corrected chi connectivity index (χ4v) is 4.52. The Labute approximate surface area is 164 Å². The third kappa shape index (κ3) is 3.79. The minimum absolute atomic E-state index is 0.0836. The lowest BCUT2D eigenvalue weighted by Gasteiger charge is -2.16. The van der Waals surface area contributed by atoms with Crippen LogP contribution in [0.3, 0.4) is 0 Å². The highest BCUT2D eigenvalue weighted by molar-refractivity contribution is 7.89. The largest absolute Gasteiger partial charge is 0.312 e. The molecule has 1 aliphatic heterocycles. The number of fused-ring (bicyclic) bond motifs is 1. The number of rotatable bonds is 7. The number of nitrogens with one attached hydrogen (secondary N) is 1. The smallest absolute Gasteiger partial charge is 0.240 e. The first-order valence-electron chi connectivity index (χ1n) is 9.36. The van der Waals surface area contributed by atoms with Gasteiger partial charge in [-0.3, -0.25) is 4.79 Å². The normalized spacial score (nSPS) is 14.9. The molecule has 0 spiro atoms. The molecule has 0 radical (unpaired) electrons. The monoisotopic (exact) mass is 398 g/mol. The van der Waals surface area contributed by atoms with Crippen molar-refractivity contribution in [3.8, 4) is 0 Å². The van der Waals surface area contributed by atoms with Gasteiger partial charge in [-0.1, -0.05) is 6.07 Å². The molecular formula is C20H22N4O3S. The Kier molecular flexibility index (Phi) is 5.15. The van der Waals surface area contributed by atoms with Gasteiger partial charge in [0.2, 0.25) is 15.9 Å². The molecule has 1 saturated heterocycles. The van der Waals surface area contributed by atoms with E-state index in [9.17, 15) is 13.2 Å². The molecule has 28 heavy (non-hydrogen) atoms. The Bertz CT molecular complexity index is 1090. The Morgan fingerprint density at radius 2 is 1.93 bits per heavy atom. The van der Waals surface area contributed by atoms with Crippen molar-refractivity contribution in [1.82, 2.24) is 14.1 Å². The van der Waals surface area contributed by atoms with Gasteiger partial charge in [-0.05, 0) is 49.2 Å². The number of nitrogens with zero attached hydrogens (tertiary/aromatic N) is 3. The van der Waals surface area contributed by atoms with E-state index in [2.05, 4.69) is 9.71 Å². The lowest BCUT2D eigenvalue weighted by Crippen LogP contribution is -2.26. The molecule has 1 fully saturated rings. The summed E-state index contributed by atoms with van der Waals surface area (Å²) in [5.74, 6) is 0.995. The fraction of sp³-hybridized carbons (Fsp3) is 0.300. The summed E-state index contributed by atoms with van der Waals surface area (Å²) in [6.07, 6.45) is 6.48. The average molecular weight is 398 g/mol. The molecule has 3 heterocycles. The second-order valence-corrected chi connectivity index (χ2v) is 8.58. The summed E-state index contributed by atoms with van der Waals surface area (Å²) in [6.45, 7) is 1.02. The Hall–Kier alpha value is -2.71. The van der Waals surface area contributed by atoms with E-state index in [1.54, 1.807) is 29.2 Å². The van der Waals surface area contributed by atoms with Gasteiger partial charge in [-0.2, -0.15) is 0 Å². The van der Waals surface area contributed by atoms with Crippen LogP contribution in [0.25, 0.3) is 5.52 Å². The quantitative estimate of drug-likeness (QED) is 0.620. The lowest BCUT2D eigenvalue weighted by atomic mass is 10.3. The number of aryl methyl sites for hydroxylation is 1. The molecule has 2 aromatic heterocycles. The molecule has 1 aromatic carbocycles. The first kappa shape index (κ1) is 18.6. The number of hydrogen-bond donors (Lipinski definition) is 1. The van der Waals surface area contributed by atoms with Crippen molar-refractivity contribution >= 4 is 27.1 Å². The number of aromatic nitrogens is 2. The number of amides is 1. The first-order chi connectivity index (χ1) is 13.5. The molecule has 1 aliphatic rings. The molecule has 4 rings (SSSR count). The van der Waals surface area contributed by atoms with Gasteiger partial charge in [0.15, 0.2) is 0 Å². The number of imidazole rings is 1. The Balaban J connectivity index is 1.34. The minimum atomic E-state index is -3.58. The van der Waals surface area contributed by atoms with Crippen molar-refractivity contribution in [2.75, 3.05) is 18.0 Å². The number of benzene rings is 1. The predicted molar refractivity (Wildman–Crippen MR) is 107 cm³/mol. The summed E-state index contributed by atoms with van der Waals surface area (Å²) in [4.78, 5) is 18.1. The van der Waals surface area contributed by atoms with Crippen molar-refractivity contribution in [3.63, 3.8) is 0 Å². The summed E-state index contributed by atoms with van der Waals surface area (Å²) in [6, 6.07) is 12.4. The van der Waals surface area contributed by atoms with E-state index in [4.69, 9.17) is 0 Å². The SMILES string of the molecule is O=C1CCCN1c1ccc(S(=O)(=O)NCCCc2ncc3ccccn23)cc1. The van der Waals surface area contributed by atoms with Crippen LogP contribution in [0.1, 0.15) is 25.1 Å². The van der Waals surface area contributed by atoms with Crippen LogP contribution >= 0.6 is 0 Å². The Morgan fingerprint density at radius 1 is 1.11 bits per heavy atom. The molecule has 0 unspecified atom stereocenters. The van der Waals surface area contributed by atoms with E-state index in [1.807, 2.05) is 35.0 Å². The molecule has 0 atom stereocenters. The minimum Gasteiger partial charge on any atom is -0.312 e. The Morgan fingerprint density at radius 3 is 2.68 bits per heavy atom. The second-order valence-electron chi connectivity index (χ2n) is 6.81. The van der Waals surface area contributed by atoms with Crippen LogP contribution in [-0.2, 0) is 21.2 Å². The maximum atomic E-state index is 12.5. The summed E-state index contributed by atoms with van der Waals surface area (Å²) in [5, 5.41) is 0. The summed E-state index contributed by atoms with van der Waals surface area (Å²) < 4.78 is 29.6. The zero-order chi connectivity index (χ0) is 19.6. The maximum absolute atomic E-state index is 12.5. The summed E-state index contributed by atoms with van der Waals surface area (Å²) in [7, 11) is -3.58. The van der Waals surface area contributed by atoms with Gasteiger partial charge in [0.05, 0.1) is 16.6 Å². The highest BCUT2D eigenvalue weighted by Crippen LogP contribution is 2.22. The summed E-state index contributed by atoms with van der Waals surface area (Å²) in [5.41, 5.74) is 1.77. The average Bonchev–Trinajstić information content (AvgIpc) is 3.32. The first-order valence-corrected chi connectivity index (χ1v) is 10.8. The van der Waals surface area contributed by atoms with E-state index < -0.39 is 10.0 Å². The zero-order valence-corrected chi connectivity index (χ0v) is 16.2. The van der Waals surface area contributed by atoms with Gasteiger partial charge in [0.25, 0.3) is 0 Å². The van der Waals surface area contributed by atoms with E-state index >= 15 is 0 Å². The van der Waals surface area contributed by atoms with Crippen LogP contribution in [0.15, 0.2) is 59.8 Å². The highest BCUT2D eigenvalue weighted by atomic mass is 32.2. The summed E-state index contributed by atoms with van der Waals surface area (Å²) >= 11 is 0. The molecule has 0 aliphatic carbocycles. The van der Waals surface area contributed by atoms with Crippen LogP contribution in [0.2, 0.25) is 0 Å². The van der Waals surface area contributed by atoms with E-state index in [0.29, 0.717) is 32.4 Å². The third-order valence-electron chi connectivity index (χ3n) is 4.92. The van der Waals surface area contributed by atoms with Crippen LogP contribution in [0.4, 0.5) is 5.69 Å². The maximum Gasteiger partial charge on any atom is 0.240 e. The number of hydrogen-bond acceptors (Lipinski definition) is 4. The lowest BCUT2D eigenvalue weighted by molar-refractivity contribution is -0.117. The van der Waals surface area contributed by atoms with Crippen LogP contribution in [0.5, 0.6) is 0 Å². The van der Waals surface area contributed by atoms with Crippen molar-refractivity contribution < 1.29 is 13.2 Å². The van der Waals surface area contributed by atoms with E-state index in [1.165, 1.54) is 0 Å². The van der Waals surface area contributed by atoms with Crippen molar-refractivity contribution in [2.45, 2.75) is 30.6 Å². The standard InChI is InChI=1S/C20H22N4O3S/c25-20-7-4-14-24(20)16-8-10-18(11-9-16)28(26,27)22-12-3-6-19-21-15-17-5-1-2-13-23(17)19/h1-2,5,8-11,13,15,22H,3-4,6-7,12,14H2. The second kappa shape index (κ2) is 7.73. The van der Waals surface area contributed by atoms with Gasteiger partial charge in [-0.25, -0.2) is 18.1 Å². The zero-order valence-electron chi connectivity index (χ0n) is 15.4. The van der Waals surface area contributed by atoms with Gasteiger partial charge in [-0.15, -0.1) is 0 Å². The number of anilines is 1. The molecule has 0 saturated carbocycles. The number of carbonyl (C=O) groups excluding carboxylic acids is 1. The predicted octanol–water partition coefficient (Wildman–Crippen LogP) is 2.37. The van der Waals surface area contributed by atoms with Gasteiger partial charge in [0.1, 0.15) is 5.82 Å². The molecule has 146 valence electrons. The van der Waals surface area contributed by atoms with Crippen molar-refractivity contribution in [2.24, 2.45) is 0 Å². The number of pyridine rings is 1. The topological polar surface area (TPSA) is 83.8 Å². The van der Waals surface area contributed by atoms with E-state index in [0.717, 1.165) is 23.4 Å². The fourth-order valence-electron chi connectivity index (χ4n) is 3.45. The number of carbonyl (C=O) groups is 1. The van der Waals surface area contributed by atoms with Crippen molar-refractivity contribution in [3.05, 3.63) is 60.7 Å². The van der Waals surface area contributed by atoms with E-state index in [-0.39, 0.29) is 10.8 Å². The van der Waals surface area contributed by atoms with Crippen molar-refractivity contribution in [1.29, 1.82) is 0 Å². The van der Waals surface area contributed by atoms with Gasteiger partial charge < -0.3 is 9.30 Å². The van der Waals surface area contributed by atoms with Gasteiger partial charge >= 0.3 is 0 Å². The molecule has 3 aromatic rings. The van der Waals surface area contributed by atoms with Crippen LogP contribution in [0, 0.1) is 0 Å².